The maximum Gasteiger partial charge on any atom is 0.416 e. The molecule has 0 heterocycles. The van der Waals surface area contributed by atoms with Crippen LogP contribution in [0.2, 0.25) is 0 Å². The van der Waals surface area contributed by atoms with Gasteiger partial charge in [-0.25, -0.2) is 4.79 Å². The molecule has 0 aliphatic rings. The Balaban J connectivity index is 2.85. The second kappa shape index (κ2) is 6.27. The molecule has 1 unspecified atom stereocenters. The monoisotopic (exact) mass is 338 g/mol. The van der Waals surface area contributed by atoms with Crippen molar-refractivity contribution in [1.29, 1.82) is 0 Å². The van der Waals surface area contributed by atoms with Gasteiger partial charge in [-0.05, 0) is 37.1 Å². The molecule has 0 fully saturated rings. The number of hydrogen-bond acceptors (Lipinski definition) is 1. The summed E-state index contributed by atoms with van der Waals surface area (Å²) in [4.78, 5) is 11.1. The normalized spacial score (nSPS) is 12.9. The summed E-state index contributed by atoms with van der Waals surface area (Å²) in [6.45, 7) is 1.72. The van der Waals surface area contributed by atoms with Crippen molar-refractivity contribution in [3.8, 4) is 0 Å². The predicted molar refractivity (Wildman–Crippen MR) is 69.9 cm³/mol. The van der Waals surface area contributed by atoms with E-state index < -0.39 is 11.7 Å². The predicted octanol–water partition coefficient (Wildman–Crippen LogP) is 3.33. The molecule has 2 amide bonds. The van der Waals surface area contributed by atoms with Crippen molar-refractivity contribution in [3.63, 3.8) is 0 Å². The van der Waals surface area contributed by atoms with Crippen molar-refractivity contribution in [2.75, 3.05) is 7.05 Å². The van der Waals surface area contributed by atoms with E-state index in [4.69, 9.17) is 0 Å². The first kappa shape index (κ1) is 15.8. The van der Waals surface area contributed by atoms with E-state index in [1.54, 1.807) is 6.92 Å². The molecule has 3 nitrogen and oxygen atoms in total. The van der Waals surface area contributed by atoms with Gasteiger partial charge in [0.15, 0.2) is 0 Å². The van der Waals surface area contributed by atoms with Crippen LogP contribution in [0.5, 0.6) is 0 Å². The van der Waals surface area contributed by atoms with E-state index >= 15 is 0 Å². The number of halogens is 4. The van der Waals surface area contributed by atoms with E-state index in [2.05, 4.69) is 26.6 Å². The van der Waals surface area contributed by atoms with Crippen LogP contribution in [0.15, 0.2) is 22.7 Å². The van der Waals surface area contributed by atoms with Crippen molar-refractivity contribution in [3.05, 3.63) is 33.8 Å². The van der Waals surface area contributed by atoms with Crippen LogP contribution in [0.1, 0.15) is 18.1 Å². The molecular formula is C12H14BrF3N2O. The molecule has 0 saturated heterocycles. The van der Waals surface area contributed by atoms with Gasteiger partial charge in [-0.2, -0.15) is 13.2 Å². The van der Waals surface area contributed by atoms with Crippen LogP contribution < -0.4 is 10.6 Å². The number of urea groups is 1. The van der Waals surface area contributed by atoms with Gasteiger partial charge in [0.05, 0.1) is 5.56 Å². The minimum absolute atomic E-state index is 0.278. The second-order valence-electron chi connectivity index (χ2n) is 4.13. The topological polar surface area (TPSA) is 41.1 Å². The summed E-state index contributed by atoms with van der Waals surface area (Å²) in [6.07, 6.45) is -4.06. The van der Waals surface area contributed by atoms with Gasteiger partial charge in [0.2, 0.25) is 0 Å². The highest BCUT2D eigenvalue weighted by molar-refractivity contribution is 9.10. The van der Waals surface area contributed by atoms with Gasteiger partial charge in [0.25, 0.3) is 0 Å². The number of carbonyl (C=O) groups excluding carboxylic acids is 1. The number of carbonyl (C=O) groups is 1. The van der Waals surface area contributed by atoms with Gasteiger partial charge < -0.3 is 10.6 Å². The molecule has 0 aliphatic heterocycles. The first-order valence-electron chi connectivity index (χ1n) is 5.58. The van der Waals surface area contributed by atoms with Crippen molar-refractivity contribution in [2.45, 2.75) is 25.6 Å². The third kappa shape index (κ3) is 4.74. The molecule has 2 N–H and O–H groups in total. The molecule has 0 radical (unpaired) electrons. The molecule has 0 spiro atoms. The minimum atomic E-state index is -4.37. The lowest BCUT2D eigenvalue weighted by Crippen LogP contribution is -2.40. The molecule has 7 heteroatoms. The fourth-order valence-corrected chi connectivity index (χ4v) is 1.99. The molecule has 1 aromatic carbocycles. The third-order valence-electron chi connectivity index (χ3n) is 2.50. The molecule has 0 bridgehead atoms. The molecule has 19 heavy (non-hydrogen) atoms. The lowest BCUT2D eigenvalue weighted by atomic mass is 10.0. The highest BCUT2D eigenvalue weighted by Crippen LogP contribution is 2.32. The zero-order valence-corrected chi connectivity index (χ0v) is 12.0. The SMILES string of the molecule is CNC(=O)NC(C)Cc1cc(C(F)(F)F)ccc1Br. The summed E-state index contributed by atoms with van der Waals surface area (Å²) >= 11 is 3.21. The van der Waals surface area contributed by atoms with Gasteiger partial charge in [-0.3, -0.25) is 0 Å². The quantitative estimate of drug-likeness (QED) is 0.872. The zero-order chi connectivity index (χ0) is 14.6. The number of rotatable bonds is 3. The van der Waals surface area contributed by atoms with Crippen LogP contribution >= 0.6 is 15.9 Å². The summed E-state index contributed by atoms with van der Waals surface area (Å²) in [5.41, 5.74) is -0.198. The summed E-state index contributed by atoms with van der Waals surface area (Å²) in [5, 5.41) is 5.00. The van der Waals surface area contributed by atoms with Crippen molar-refractivity contribution >= 4 is 22.0 Å². The van der Waals surface area contributed by atoms with Crippen molar-refractivity contribution in [1.82, 2.24) is 10.6 Å². The first-order valence-corrected chi connectivity index (χ1v) is 6.37. The van der Waals surface area contributed by atoms with E-state index in [0.29, 0.717) is 16.5 Å². The molecule has 0 aliphatic carbocycles. The van der Waals surface area contributed by atoms with Crippen LogP contribution in [0.3, 0.4) is 0 Å². The van der Waals surface area contributed by atoms with Gasteiger partial charge in [0, 0.05) is 17.6 Å². The highest BCUT2D eigenvalue weighted by Gasteiger charge is 2.30. The number of hydrogen-bond donors (Lipinski definition) is 2. The van der Waals surface area contributed by atoms with Gasteiger partial charge >= 0.3 is 12.2 Å². The van der Waals surface area contributed by atoms with E-state index in [1.807, 2.05) is 0 Å². The minimum Gasteiger partial charge on any atom is -0.341 e. The summed E-state index contributed by atoms with van der Waals surface area (Å²) < 4.78 is 38.4. The molecule has 0 saturated carbocycles. The molecule has 1 aromatic rings. The molecule has 1 rings (SSSR count). The molecule has 106 valence electrons. The standard InChI is InChI=1S/C12H14BrF3N2O/c1-7(18-11(19)17-2)5-8-6-9(12(14,15)16)3-4-10(8)13/h3-4,6-7H,5H2,1-2H3,(H2,17,18,19). The Hall–Kier alpha value is -1.24. The molecule has 0 aromatic heterocycles. The van der Waals surface area contributed by atoms with Crippen LogP contribution in [0, 0.1) is 0 Å². The number of benzene rings is 1. The first-order chi connectivity index (χ1) is 8.74. The van der Waals surface area contributed by atoms with Gasteiger partial charge in [-0.15, -0.1) is 0 Å². The Morgan fingerprint density at radius 3 is 2.58 bits per heavy atom. The number of nitrogens with one attached hydrogen (secondary N) is 2. The van der Waals surface area contributed by atoms with Gasteiger partial charge in [0.1, 0.15) is 0 Å². The summed E-state index contributed by atoms with van der Waals surface area (Å²) in [6, 6.07) is 2.83. The Morgan fingerprint density at radius 1 is 1.42 bits per heavy atom. The average Bonchev–Trinajstić information content (AvgIpc) is 2.30. The van der Waals surface area contributed by atoms with Crippen molar-refractivity contribution in [2.24, 2.45) is 0 Å². The summed E-state index contributed by atoms with van der Waals surface area (Å²) in [5.74, 6) is 0. The van der Waals surface area contributed by atoms with E-state index in [1.165, 1.54) is 13.1 Å². The Morgan fingerprint density at radius 2 is 2.05 bits per heavy atom. The number of alkyl halides is 3. The molecular weight excluding hydrogens is 325 g/mol. The van der Waals surface area contributed by atoms with E-state index in [-0.39, 0.29) is 12.1 Å². The van der Waals surface area contributed by atoms with Crippen LogP contribution in [0.4, 0.5) is 18.0 Å². The lowest BCUT2D eigenvalue weighted by Gasteiger charge is -2.16. The molecule has 1 atom stereocenters. The fraction of sp³-hybridized carbons (Fsp3) is 0.417. The van der Waals surface area contributed by atoms with E-state index in [0.717, 1.165) is 12.1 Å². The van der Waals surface area contributed by atoms with Gasteiger partial charge in [-0.1, -0.05) is 15.9 Å². The second-order valence-corrected chi connectivity index (χ2v) is 4.99. The van der Waals surface area contributed by atoms with Crippen LogP contribution in [0.25, 0.3) is 0 Å². The van der Waals surface area contributed by atoms with Crippen molar-refractivity contribution < 1.29 is 18.0 Å². The Kier molecular flexibility index (Phi) is 5.22. The van der Waals surface area contributed by atoms with Crippen LogP contribution in [-0.2, 0) is 12.6 Å². The lowest BCUT2D eigenvalue weighted by molar-refractivity contribution is -0.137. The summed E-state index contributed by atoms with van der Waals surface area (Å²) in [7, 11) is 1.47. The fourth-order valence-electron chi connectivity index (χ4n) is 1.58. The average molecular weight is 339 g/mol. The van der Waals surface area contributed by atoms with E-state index in [9.17, 15) is 18.0 Å². The Bertz CT molecular complexity index is 463. The smallest absolute Gasteiger partial charge is 0.341 e. The highest BCUT2D eigenvalue weighted by atomic mass is 79.9. The zero-order valence-electron chi connectivity index (χ0n) is 10.4. The maximum atomic E-state index is 12.6. The largest absolute Gasteiger partial charge is 0.416 e. The number of amides is 2. The van der Waals surface area contributed by atoms with Crippen LogP contribution in [-0.4, -0.2) is 19.1 Å². The third-order valence-corrected chi connectivity index (χ3v) is 3.28. The Labute approximate surface area is 117 Å². The maximum absolute atomic E-state index is 12.6.